The molecule has 0 bridgehead atoms. The fraction of sp³-hybridized carbons (Fsp3) is 0.125. The molecule has 0 unspecified atom stereocenters. The Bertz CT molecular complexity index is 1200. The number of rotatable bonds is 7. The molecule has 2 aromatic heterocycles. The lowest BCUT2D eigenvalue weighted by molar-refractivity contribution is 0.105. The second kappa shape index (κ2) is 8.71. The number of aromatic nitrogens is 2. The number of hydrogen-bond acceptors (Lipinski definition) is 7. The highest BCUT2D eigenvalue weighted by atomic mass is 16.5. The molecule has 0 atom stereocenters. The molecule has 0 saturated heterocycles. The van der Waals surface area contributed by atoms with Crippen LogP contribution in [0.2, 0.25) is 0 Å². The van der Waals surface area contributed by atoms with E-state index in [0.29, 0.717) is 33.9 Å². The number of allylic oxidation sites excluding steroid dienone is 1. The zero-order chi connectivity index (χ0) is 21.8. The Labute approximate surface area is 178 Å². The summed E-state index contributed by atoms with van der Waals surface area (Å²) in [6.45, 7) is 0. The van der Waals surface area contributed by atoms with Gasteiger partial charge in [-0.2, -0.15) is 0 Å². The Morgan fingerprint density at radius 1 is 0.968 bits per heavy atom. The number of hydrogen-bond donors (Lipinski definition) is 0. The number of benzene rings is 2. The molecule has 31 heavy (non-hydrogen) atoms. The number of pyridine rings is 1. The summed E-state index contributed by atoms with van der Waals surface area (Å²) < 4.78 is 22.0. The van der Waals surface area contributed by atoms with E-state index in [-0.39, 0.29) is 17.2 Å². The maximum Gasteiger partial charge on any atom is 0.231 e. The Morgan fingerprint density at radius 2 is 1.71 bits per heavy atom. The van der Waals surface area contributed by atoms with Gasteiger partial charge in [0.25, 0.3) is 0 Å². The third kappa shape index (κ3) is 3.98. The van der Waals surface area contributed by atoms with Crippen molar-refractivity contribution in [1.29, 1.82) is 0 Å². The topological polar surface area (TPSA) is 83.7 Å². The second-order valence-corrected chi connectivity index (χ2v) is 6.57. The minimum atomic E-state index is -0.310. The van der Waals surface area contributed by atoms with Gasteiger partial charge in [0.2, 0.25) is 11.6 Å². The van der Waals surface area contributed by atoms with Gasteiger partial charge in [-0.15, -0.1) is 0 Å². The standard InChI is InChI=1S/C24H20N2O5/c1-28-20-12-16(13-21(29-2)23(20)30-3)22(27)17(11-15-7-6-10-25-14-15)24-26-18-8-4-5-9-19(18)31-24/h4-14H,1-3H3. The summed E-state index contributed by atoms with van der Waals surface area (Å²) in [4.78, 5) is 22.3. The number of carbonyl (C=O) groups excluding carboxylic acids is 1. The molecule has 2 aromatic carbocycles. The highest BCUT2D eigenvalue weighted by Gasteiger charge is 2.23. The normalized spacial score (nSPS) is 11.4. The average Bonchev–Trinajstić information content (AvgIpc) is 3.25. The number of carbonyl (C=O) groups is 1. The average molecular weight is 416 g/mol. The quantitative estimate of drug-likeness (QED) is 0.320. The Balaban J connectivity index is 1.88. The summed E-state index contributed by atoms with van der Waals surface area (Å²) in [5.74, 6) is 1.06. The van der Waals surface area contributed by atoms with Gasteiger partial charge in [-0.05, 0) is 42.0 Å². The molecule has 0 N–H and O–H groups in total. The smallest absolute Gasteiger partial charge is 0.231 e. The highest BCUT2D eigenvalue weighted by Crippen LogP contribution is 2.39. The molecule has 7 nitrogen and oxygen atoms in total. The minimum Gasteiger partial charge on any atom is -0.493 e. The lowest BCUT2D eigenvalue weighted by Gasteiger charge is -2.14. The van der Waals surface area contributed by atoms with Crippen molar-refractivity contribution in [3.8, 4) is 17.2 Å². The first-order valence-electron chi connectivity index (χ1n) is 9.47. The van der Waals surface area contributed by atoms with E-state index in [1.807, 2.05) is 24.3 Å². The van der Waals surface area contributed by atoms with Crippen LogP contribution in [0.25, 0.3) is 22.7 Å². The van der Waals surface area contributed by atoms with Crippen LogP contribution in [0, 0.1) is 0 Å². The van der Waals surface area contributed by atoms with Crippen LogP contribution >= 0.6 is 0 Å². The number of oxazole rings is 1. The molecule has 156 valence electrons. The van der Waals surface area contributed by atoms with Crippen LogP contribution < -0.4 is 14.2 Å². The Morgan fingerprint density at radius 3 is 2.32 bits per heavy atom. The maximum atomic E-state index is 13.6. The summed E-state index contributed by atoms with van der Waals surface area (Å²) in [6, 6.07) is 14.2. The van der Waals surface area contributed by atoms with E-state index in [1.54, 1.807) is 42.7 Å². The molecule has 0 aliphatic carbocycles. The van der Waals surface area contributed by atoms with Gasteiger partial charge in [0.05, 0.1) is 26.9 Å². The van der Waals surface area contributed by atoms with Gasteiger partial charge in [-0.1, -0.05) is 18.2 Å². The van der Waals surface area contributed by atoms with Crippen molar-refractivity contribution in [2.24, 2.45) is 0 Å². The van der Waals surface area contributed by atoms with Crippen LogP contribution in [0.15, 0.2) is 65.3 Å². The molecule has 0 spiro atoms. The maximum absolute atomic E-state index is 13.6. The molecule has 0 amide bonds. The van der Waals surface area contributed by atoms with Crippen molar-refractivity contribution in [3.63, 3.8) is 0 Å². The van der Waals surface area contributed by atoms with Gasteiger partial charge in [0, 0.05) is 18.0 Å². The summed E-state index contributed by atoms with van der Waals surface area (Å²) in [6.07, 6.45) is 5.02. The van der Waals surface area contributed by atoms with Gasteiger partial charge in [0.15, 0.2) is 22.9 Å². The van der Waals surface area contributed by atoms with E-state index >= 15 is 0 Å². The number of Topliss-reactive ketones (excluding diaryl/α,β-unsaturated/α-hetero) is 1. The summed E-state index contributed by atoms with van der Waals surface area (Å²) in [7, 11) is 4.51. The van der Waals surface area contributed by atoms with E-state index in [9.17, 15) is 4.79 Å². The van der Waals surface area contributed by atoms with Gasteiger partial charge in [-0.25, -0.2) is 4.98 Å². The van der Waals surface area contributed by atoms with Crippen LogP contribution in [0.5, 0.6) is 17.2 Å². The van der Waals surface area contributed by atoms with Crippen LogP contribution in [-0.2, 0) is 0 Å². The summed E-state index contributed by atoms with van der Waals surface area (Å²) >= 11 is 0. The van der Waals surface area contributed by atoms with Crippen LogP contribution in [0.1, 0.15) is 21.8 Å². The van der Waals surface area contributed by atoms with Gasteiger partial charge in [-0.3, -0.25) is 9.78 Å². The molecule has 7 heteroatoms. The van der Waals surface area contributed by atoms with Crippen molar-refractivity contribution in [1.82, 2.24) is 9.97 Å². The number of para-hydroxylation sites is 2. The lowest BCUT2D eigenvalue weighted by Crippen LogP contribution is -2.05. The van der Waals surface area contributed by atoms with Crippen LogP contribution in [-0.4, -0.2) is 37.1 Å². The molecule has 4 rings (SSSR count). The van der Waals surface area contributed by atoms with Crippen molar-refractivity contribution < 1.29 is 23.4 Å². The number of methoxy groups -OCH3 is 3. The van der Waals surface area contributed by atoms with Crippen LogP contribution in [0.3, 0.4) is 0 Å². The Hall–Kier alpha value is -4.13. The number of ether oxygens (including phenoxy) is 3. The van der Waals surface area contributed by atoms with Crippen molar-refractivity contribution in [3.05, 3.63) is 77.9 Å². The third-order valence-corrected chi connectivity index (χ3v) is 4.69. The highest BCUT2D eigenvalue weighted by molar-refractivity contribution is 6.31. The molecular weight excluding hydrogens is 396 g/mol. The first-order valence-corrected chi connectivity index (χ1v) is 9.47. The van der Waals surface area contributed by atoms with Gasteiger partial charge < -0.3 is 18.6 Å². The molecule has 0 radical (unpaired) electrons. The van der Waals surface area contributed by atoms with Gasteiger partial charge >= 0.3 is 0 Å². The monoisotopic (exact) mass is 416 g/mol. The predicted octanol–water partition coefficient (Wildman–Crippen LogP) is 4.67. The van der Waals surface area contributed by atoms with E-state index in [1.165, 1.54) is 21.3 Å². The molecule has 2 heterocycles. The third-order valence-electron chi connectivity index (χ3n) is 4.69. The van der Waals surface area contributed by atoms with Crippen molar-refractivity contribution in [2.75, 3.05) is 21.3 Å². The number of nitrogens with zero attached hydrogens (tertiary/aromatic N) is 2. The SMILES string of the molecule is COc1cc(C(=O)C(=Cc2cccnc2)c2nc3ccccc3o2)cc(OC)c1OC. The first kappa shape index (κ1) is 20.2. The molecule has 0 aliphatic heterocycles. The summed E-state index contributed by atoms with van der Waals surface area (Å²) in [5, 5.41) is 0. The molecule has 0 aliphatic rings. The molecular formula is C24H20N2O5. The zero-order valence-electron chi connectivity index (χ0n) is 17.3. The molecule has 4 aromatic rings. The number of fused-ring (bicyclic) bond motifs is 1. The first-order chi connectivity index (χ1) is 15.1. The largest absolute Gasteiger partial charge is 0.493 e. The van der Waals surface area contributed by atoms with Crippen LogP contribution in [0.4, 0.5) is 0 Å². The second-order valence-electron chi connectivity index (χ2n) is 6.57. The lowest BCUT2D eigenvalue weighted by atomic mass is 10.00. The molecule has 0 saturated carbocycles. The Kier molecular flexibility index (Phi) is 5.66. The van der Waals surface area contributed by atoms with E-state index in [0.717, 1.165) is 5.56 Å². The van der Waals surface area contributed by atoms with E-state index < -0.39 is 0 Å². The van der Waals surface area contributed by atoms with Gasteiger partial charge in [0.1, 0.15) is 5.52 Å². The fourth-order valence-electron chi connectivity index (χ4n) is 3.21. The zero-order valence-corrected chi connectivity index (χ0v) is 17.3. The van der Waals surface area contributed by atoms with Crippen molar-refractivity contribution in [2.45, 2.75) is 0 Å². The predicted molar refractivity (Wildman–Crippen MR) is 117 cm³/mol. The van der Waals surface area contributed by atoms with E-state index in [2.05, 4.69) is 9.97 Å². The number of ketones is 1. The summed E-state index contributed by atoms with van der Waals surface area (Å²) in [5.41, 5.74) is 2.60. The minimum absolute atomic E-state index is 0.212. The van der Waals surface area contributed by atoms with E-state index in [4.69, 9.17) is 18.6 Å². The molecule has 0 fully saturated rings. The fourth-order valence-corrected chi connectivity index (χ4v) is 3.21. The van der Waals surface area contributed by atoms with Crippen molar-refractivity contribution >= 4 is 28.5 Å².